The molecule has 2 aromatic rings. The van der Waals surface area contributed by atoms with Crippen molar-refractivity contribution in [2.45, 2.75) is 39.5 Å². The van der Waals surface area contributed by atoms with Crippen molar-refractivity contribution < 1.29 is 5.11 Å². The average molecular weight is 444 g/mol. The second-order valence-electron chi connectivity index (χ2n) is 8.28. The van der Waals surface area contributed by atoms with Crippen molar-refractivity contribution in [1.29, 1.82) is 0 Å². The van der Waals surface area contributed by atoms with Gasteiger partial charge in [-0.05, 0) is 43.0 Å². The molecule has 0 saturated carbocycles. The fraction of sp³-hybridized carbons (Fsp3) is 0.542. The Balaban J connectivity index is 1.61. The van der Waals surface area contributed by atoms with Gasteiger partial charge in [-0.25, -0.2) is 4.99 Å². The summed E-state index contributed by atoms with van der Waals surface area (Å²) in [5, 5.41) is 19.4. The van der Waals surface area contributed by atoms with Gasteiger partial charge in [0, 0.05) is 44.1 Å². The highest BCUT2D eigenvalue weighted by atomic mass is 32.1. The number of nitrogens with zero attached hydrogens (tertiary/aromatic N) is 3. The molecule has 0 amide bonds. The van der Waals surface area contributed by atoms with Crippen LogP contribution in [0.4, 0.5) is 0 Å². The summed E-state index contributed by atoms with van der Waals surface area (Å²) in [6, 6.07) is 12.5. The van der Waals surface area contributed by atoms with Crippen LogP contribution in [0.15, 0.2) is 46.8 Å². The standard InChI is InChI=1S/C24H37N5OS/c1-4-25-23(27-19-24(3,30)22-11-8-16-31-22)26-17-20-9-6-7-10-21(20)18-29-14-12-28(5-2)13-15-29/h6-11,16,30H,4-5,12-15,17-19H2,1-3H3,(H2,25,26,27). The lowest BCUT2D eigenvalue weighted by molar-refractivity contribution is 0.0655. The van der Waals surface area contributed by atoms with Gasteiger partial charge in [0.15, 0.2) is 5.96 Å². The monoisotopic (exact) mass is 443 g/mol. The van der Waals surface area contributed by atoms with E-state index >= 15 is 0 Å². The third-order valence-electron chi connectivity index (χ3n) is 5.83. The van der Waals surface area contributed by atoms with E-state index in [9.17, 15) is 5.11 Å². The SMILES string of the molecule is CCNC(=NCc1ccccc1CN1CCN(CC)CC1)NCC(C)(O)c1cccs1. The van der Waals surface area contributed by atoms with Gasteiger partial charge >= 0.3 is 0 Å². The number of hydrogen-bond donors (Lipinski definition) is 3. The molecule has 1 aromatic heterocycles. The topological polar surface area (TPSA) is 63.1 Å². The molecular weight excluding hydrogens is 406 g/mol. The van der Waals surface area contributed by atoms with Gasteiger partial charge in [-0.1, -0.05) is 37.3 Å². The lowest BCUT2D eigenvalue weighted by atomic mass is 10.1. The van der Waals surface area contributed by atoms with Crippen LogP contribution in [0.2, 0.25) is 0 Å². The van der Waals surface area contributed by atoms with Gasteiger partial charge in [0.1, 0.15) is 5.60 Å². The predicted molar refractivity (Wildman–Crippen MR) is 131 cm³/mol. The summed E-state index contributed by atoms with van der Waals surface area (Å²) in [5.74, 6) is 0.727. The van der Waals surface area contributed by atoms with Crippen LogP contribution in [0, 0.1) is 0 Å². The molecule has 1 aliphatic rings. The van der Waals surface area contributed by atoms with E-state index in [1.165, 1.54) is 11.1 Å². The number of rotatable bonds is 9. The Bertz CT molecular complexity index is 813. The molecule has 1 aliphatic heterocycles. The van der Waals surface area contributed by atoms with Gasteiger partial charge in [-0.15, -0.1) is 11.3 Å². The van der Waals surface area contributed by atoms with Crippen molar-refractivity contribution in [2.75, 3.05) is 45.8 Å². The first kappa shape index (κ1) is 23.7. The number of benzene rings is 1. The van der Waals surface area contributed by atoms with Gasteiger partial charge in [0.25, 0.3) is 0 Å². The molecule has 1 saturated heterocycles. The number of guanidine groups is 1. The number of hydrogen-bond acceptors (Lipinski definition) is 5. The minimum atomic E-state index is -0.928. The molecule has 0 bridgehead atoms. The highest BCUT2D eigenvalue weighted by Crippen LogP contribution is 2.24. The molecule has 1 fully saturated rings. The Morgan fingerprint density at radius 3 is 2.39 bits per heavy atom. The Labute approximate surface area is 191 Å². The molecule has 1 unspecified atom stereocenters. The molecule has 2 heterocycles. The van der Waals surface area contributed by atoms with Crippen LogP contribution in [0.5, 0.6) is 0 Å². The molecule has 1 aromatic carbocycles. The normalized spacial score (nSPS) is 18.0. The zero-order chi connectivity index (χ0) is 22.1. The summed E-state index contributed by atoms with van der Waals surface area (Å²) in [4.78, 5) is 10.8. The van der Waals surface area contributed by atoms with Gasteiger partial charge in [0.2, 0.25) is 0 Å². The fourth-order valence-corrected chi connectivity index (χ4v) is 4.59. The largest absolute Gasteiger partial charge is 0.383 e. The Morgan fingerprint density at radius 2 is 1.74 bits per heavy atom. The van der Waals surface area contributed by atoms with Crippen LogP contribution in [0.1, 0.15) is 36.8 Å². The summed E-state index contributed by atoms with van der Waals surface area (Å²) in [6.45, 7) is 14.6. The summed E-state index contributed by atoms with van der Waals surface area (Å²) >= 11 is 1.57. The molecule has 6 nitrogen and oxygen atoms in total. The lowest BCUT2D eigenvalue weighted by Gasteiger charge is -2.34. The van der Waals surface area contributed by atoms with E-state index in [4.69, 9.17) is 4.99 Å². The molecule has 7 heteroatoms. The van der Waals surface area contributed by atoms with Crippen LogP contribution < -0.4 is 10.6 Å². The second kappa shape index (κ2) is 11.6. The second-order valence-corrected chi connectivity index (χ2v) is 9.23. The van der Waals surface area contributed by atoms with Gasteiger partial charge in [0.05, 0.1) is 13.1 Å². The van der Waals surface area contributed by atoms with E-state index in [-0.39, 0.29) is 0 Å². The smallest absolute Gasteiger partial charge is 0.191 e. The maximum Gasteiger partial charge on any atom is 0.191 e. The Hall–Kier alpha value is -1.93. The maximum atomic E-state index is 10.8. The van der Waals surface area contributed by atoms with Crippen LogP contribution in [0.25, 0.3) is 0 Å². The van der Waals surface area contributed by atoms with Crippen molar-refractivity contribution in [3.8, 4) is 0 Å². The molecule has 0 radical (unpaired) electrons. The van der Waals surface area contributed by atoms with Crippen molar-refractivity contribution >= 4 is 17.3 Å². The summed E-state index contributed by atoms with van der Waals surface area (Å²) in [5.41, 5.74) is 1.67. The van der Waals surface area contributed by atoms with Crippen LogP contribution in [-0.2, 0) is 18.7 Å². The van der Waals surface area contributed by atoms with E-state index in [0.717, 1.165) is 56.6 Å². The fourth-order valence-electron chi connectivity index (χ4n) is 3.80. The highest BCUT2D eigenvalue weighted by molar-refractivity contribution is 7.10. The number of aliphatic imine (C=N–C) groups is 1. The van der Waals surface area contributed by atoms with Crippen molar-refractivity contribution in [3.63, 3.8) is 0 Å². The van der Waals surface area contributed by atoms with Gasteiger partial charge in [-0.2, -0.15) is 0 Å². The molecule has 170 valence electrons. The first-order valence-corrected chi connectivity index (χ1v) is 12.2. The summed E-state index contributed by atoms with van der Waals surface area (Å²) in [7, 11) is 0. The van der Waals surface area contributed by atoms with Crippen molar-refractivity contribution in [2.24, 2.45) is 4.99 Å². The van der Waals surface area contributed by atoms with Crippen LogP contribution >= 0.6 is 11.3 Å². The Morgan fingerprint density at radius 1 is 1.03 bits per heavy atom. The highest BCUT2D eigenvalue weighted by Gasteiger charge is 2.24. The lowest BCUT2D eigenvalue weighted by Crippen LogP contribution is -2.45. The minimum Gasteiger partial charge on any atom is -0.383 e. The minimum absolute atomic E-state index is 0.405. The number of nitrogens with one attached hydrogen (secondary N) is 2. The van der Waals surface area contributed by atoms with E-state index in [1.807, 2.05) is 24.4 Å². The van der Waals surface area contributed by atoms with Gasteiger partial charge in [-0.3, -0.25) is 4.90 Å². The number of likely N-dealkylation sites (N-methyl/N-ethyl adjacent to an activating group) is 1. The number of piperazine rings is 1. The average Bonchev–Trinajstić information content (AvgIpc) is 3.33. The molecule has 1 atom stereocenters. The molecule has 0 spiro atoms. The molecular formula is C24H37N5OS. The van der Waals surface area contributed by atoms with Crippen LogP contribution in [-0.4, -0.2) is 66.7 Å². The maximum absolute atomic E-state index is 10.8. The summed E-state index contributed by atoms with van der Waals surface area (Å²) < 4.78 is 0. The van der Waals surface area contributed by atoms with Crippen LogP contribution in [0.3, 0.4) is 0 Å². The van der Waals surface area contributed by atoms with E-state index < -0.39 is 5.60 Å². The quantitative estimate of drug-likeness (QED) is 0.411. The van der Waals surface area contributed by atoms with E-state index in [0.29, 0.717) is 13.1 Å². The number of aliphatic hydroxyl groups is 1. The summed E-state index contributed by atoms with van der Waals surface area (Å²) in [6.07, 6.45) is 0. The Kier molecular flexibility index (Phi) is 8.90. The zero-order valence-electron chi connectivity index (χ0n) is 19.1. The first-order valence-electron chi connectivity index (χ1n) is 11.3. The van der Waals surface area contributed by atoms with Gasteiger partial charge < -0.3 is 20.6 Å². The van der Waals surface area contributed by atoms with Crippen molar-refractivity contribution in [3.05, 3.63) is 57.8 Å². The molecule has 3 rings (SSSR count). The molecule has 0 aliphatic carbocycles. The molecule has 3 N–H and O–H groups in total. The molecule has 31 heavy (non-hydrogen) atoms. The van der Waals surface area contributed by atoms with Crippen molar-refractivity contribution in [1.82, 2.24) is 20.4 Å². The predicted octanol–water partition coefficient (Wildman–Crippen LogP) is 2.85. The zero-order valence-corrected chi connectivity index (χ0v) is 19.9. The first-order chi connectivity index (χ1) is 15.0. The third-order valence-corrected chi connectivity index (χ3v) is 6.95. The third kappa shape index (κ3) is 7.04. The van der Waals surface area contributed by atoms with E-state index in [2.05, 4.69) is 58.5 Å². The number of thiophene rings is 1. The van der Waals surface area contributed by atoms with E-state index in [1.54, 1.807) is 11.3 Å².